The van der Waals surface area contributed by atoms with E-state index in [4.69, 9.17) is 14.3 Å². The number of benzene rings is 1. The second kappa shape index (κ2) is 9.68. The molecule has 1 amide bonds. The van der Waals surface area contributed by atoms with Gasteiger partial charge in [0.25, 0.3) is 0 Å². The SMILES string of the molecule is CC(C)(C)OC(=O)N[C@@H](CC(=O)On1c(O)ccc1O)C(=O)OCc1ccccc1. The lowest BCUT2D eigenvalue weighted by molar-refractivity contribution is -0.154. The molecular weight excluding hydrogens is 396 g/mol. The van der Waals surface area contributed by atoms with Crippen molar-refractivity contribution in [1.82, 2.24) is 10.0 Å². The molecule has 0 unspecified atom stereocenters. The quantitative estimate of drug-likeness (QED) is 0.578. The molecule has 0 aliphatic rings. The number of amides is 1. The van der Waals surface area contributed by atoms with Crippen molar-refractivity contribution >= 4 is 18.0 Å². The van der Waals surface area contributed by atoms with Crippen molar-refractivity contribution in [3.63, 3.8) is 0 Å². The average molecular weight is 420 g/mol. The van der Waals surface area contributed by atoms with Crippen LogP contribution in [-0.2, 0) is 25.7 Å². The van der Waals surface area contributed by atoms with Gasteiger partial charge in [-0.3, -0.25) is 0 Å². The molecular formula is C20H24N2O8. The van der Waals surface area contributed by atoms with Gasteiger partial charge in [0.1, 0.15) is 18.2 Å². The maximum absolute atomic E-state index is 12.5. The second-order valence-electron chi connectivity index (χ2n) is 7.30. The van der Waals surface area contributed by atoms with Crippen molar-refractivity contribution in [3.8, 4) is 11.8 Å². The molecule has 1 aromatic heterocycles. The summed E-state index contributed by atoms with van der Waals surface area (Å²) in [7, 11) is 0. The van der Waals surface area contributed by atoms with Gasteiger partial charge in [0, 0.05) is 12.1 Å². The molecule has 162 valence electrons. The topological polar surface area (TPSA) is 136 Å². The first-order valence-electron chi connectivity index (χ1n) is 9.06. The largest absolute Gasteiger partial charge is 0.492 e. The van der Waals surface area contributed by atoms with Crippen LogP contribution in [0.2, 0.25) is 0 Å². The van der Waals surface area contributed by atoms with Crippen LogP contribution in [-0.4, -0.2) is 44.6 Å². The van der Waals surface area contributed by atoms with E-state index in [2.05, 4.69) is 5.32 Å². The number of aromatic nitrogens is 1. The maximum Gasteiger partial charge on any atom is 0.408 e. The van der Waals surface area contributed by atoms with Crippen molar-refractivity contribution in [1.29, 1.82) is 0 Å². The number of hydrogen-bond donors (Lipinski definition) is 3. The van der Waals surface area contributed by atoms with Gasteiger partial charge in [0.15, 0.2) is 0 Å². The molecule has 0 radical (unpaired) electrons. The van der Waals surface area contributed by atoms with Crippen LogP contribution >= 0.6 is 0 Å². The third kappa shape index (κ3) is 7.04. The maximum atomic E-state index is 12.5. The molecule has 0 spiro atoms. The smallest absolute Gasteiger partial charge is 0.408 e. The molecule has 0 saturated carbocycles. The summed E-state index contributed by atoms with van der Waals surface area (Å²) in [6.45, 7) is 4.85. The normalized spacial score (nSPS) is 12.0. The van der Waals surface area contributed by atoms with Gasteiger partial charge in [0.05, 0.1) is 6.42 Å². The highest BCUT2D eigenvalue weighted by Crippen LogP contribution is 2.19. The molecule has 0 fully saturated rings. The Balaban J connectivity index is 2.06. The lowest BCUT2D eigenvalue weighted by Crippen LogP contribution is -2.46. The van der Waals surface area contributed by atoms with Crippen molar-refractivity contribution in [3.05, 3.63) is 48.0 Å². The number of alkyl carbamates (subject to hydrolysis) is 1. The third-order valence-corrected chi connectivity index (χ3v) is 3.56. The fourth-order valence-corrected chi connectivity index (χ4v) is 2.27. The molecule has 10 heteroatoms. The predicted octanol–water partition coefficient (Wildman–Crippen LogP) is 1.88. The average Bonchev–Trinajstić information content (AvgIpc) is 2.97. The molecule has 1 heterocycles. The second-order valence-corrected chi connectivity index (χ2v) is 7.30. The van der Waals surface area contributed by atoms with Gasteiger partial charge in [0.2, 0.25) is 11.8 Å². The summed E-state index contributed by atoms with van der Waals surface area (Å²) >= 11 is 0. The standard InChI is InChI=1S/C20H24N2O8/c1-20(2,3)29-19(27)21-14(18(26)28-12-13-7-5-4-6-8-13)11-17(25)30-22-15(23)9-10-16(22)24/h4-10,14,23-24H,11-12H2,1-3H3,(H,21,27)/t14-/m0/s1. The van der Waals surface area contributed by atoms with E-state index in [1.54, 1.807) is 51.1 Å². The molecule has 10 nitrogen and oxygen atoms in total. The molecule has 0 bridgehead atoms. The highest BCUT2D eigenvalue weighted by atomic mass is 16.7. The minimum absolute atomic E-state index is 0.0691. The summed E-state index contributed by atoms with van der Waals surface area (Å²) in [6, 6.07) is 9.63. The van der Waals surface area contributed by atoms with Gasteiger partial charge in [-0.25, -0.2) is 14.4 Å². The van der Waals surface area contributed by atoms with Crippen molar-refractivity contribution < 1.29 is 38.9 Å². The molecule has 30 heavy (non-hydrogen) atoms. The number of carbonyl (C=O) groups excluding carboxylic acids is 3. The number of carbonyl (C=O) groups is 3. The van der Waals surface area contributed by atoms with Gasteiger partial charge >= 0.3 is 18.0 Å². The molecule has 0 aliphatic heterocycles. The van der Waals surface area contributed by atoms with Gasteiger partial charge in [-0.05, 0) is 26.3 Å². The summed E-state index contributed by atoms with van der Waals surface area (Å²) < 4.78 is 10.8. The highest BCUT2D eigenvalue weighted by Gasteiger charge is 2.29. The fraction of sp³-hybridized carbons (Fsp3) is 0.350. The zero-order chi connectivity index (χ0) is 22.3. The predicted molar refractivity (Wildman–Crippen MR) is 103 cm³/mol. The van der Waals surface area contributed by atoms with E-state index in [0.717, 1.165) is 12.1 Å². The summed E-state index contributed by atoms with van der Waals surface area (Å²) in [5, 5.41) is 21.4. The fourth-order valence-electron chi connectivity index (χ4n) is 2.27. The van der Waals surface area contributed by atoms with Crippen LogP contribution < -0.4 is 10.2 Å². The monoisotopic (exact) mass is 420 g/mol. The number of ether oxygens (including phenoxy) is 2. The van der Waals surface area contributed by atoms with Gasteiger partial charge < -0.3 is 29.8 Å². The lowest BCUT2D eigenvalue weighted by Gasteiger charge is -2.22. The van der Waals surface area contributed by atoms with E-state index in [1.165, 1.54) is 0 Å². The number of nitrogens with one attached hydrogen (secondary N) is 1. The summed E-state index contributed by atoms with van der Waals surface area (Å²) in [5.74, 6) is -2.95. The van der Waals surface area contributed by atoms with Crippen LogP contribution in [0.25, 0.3) is 0 Å². The molecule has 0 saturated heterocycles. The number of aromatic hydroxyl groups is 2. The summed E-state index contributed by atoms with van der Waals surface area (Å²) in [4.78, 5) is 41.6. The Hall–Kier alpha value is -3.69. The molecule has 1 atom stereocenters. The zero-order valence-corrected chi connectivity index (χ0v) is 16.8. The Morgan fingerprint density at radius 3 is 2.20 bits per heavy atom. The first kappa shape index (κ1) is 22.6. The van der Waals surface area contributed by atoms with Crippen LogP contribution in [0.1, 0.15) is 32.8 Å². The van der Waals surface area contributed by atoms with Crippen LogP contribution in [0.3, 0.4) is 0 Å². The first-order chi connectivity index (χ1) is 14.0. The highest BCUT2D eigenvalue weighted by molar-refractivity contribution is 5.86. The lowest BCUT2D eigenvalue weighted by atomic mass is 10.2. The molecule has 3 N–H and O–H groups in total. The summed E-state index contributed by atoms with van der Waals surface area (Å²) in [5.41, 5.74) is -0.113. The number of esters is 1. The minimum atomic E-state index is -1.42. The molecule has 1 aromatic carbocycles. The van der Waals surface area contributed by atoms with Crippen LogP contribution in [0.4, 0.5) is 4.79 Å². The van der Waals surface area contributed by atoms with Crippen molar-refractivity contribution in [2.24, 2.45) is 0 Å². The van der Waals surface area contributed by atoms with Crippen LogP contribution in [0.5, 0.6) is 11.8 Å². The molecule has 2 rings (SSSR count). The van der Waals surface area contributed by atoms with E-state index in [0.29, 0.717) is 10.3 Å². The van der Waals surface area contributed by atoms with Gasteiger partial charge in [-0.1, -0.05) is 30.3 Å². The first-order valence-corrected chi connectivity index (χ1v) is 9.06. The Kier molecular flexibility index (Phi) is 7.29. The number of rotatable bonds is 7. The Morgan fingerprint density at radius 2 is 1.63 bits per heavy atom. The van der Waals surface area contributed by atoms with E-state index >= 15 is 0 Å². The molecule has 2 aromatic rings. The van der Waals surface area contributed by atoms with E-state index in [-0.39, 0.29) is 6.61 Å². The molecule has 0 aliphatic carbocycles. The van der Waals surface area contributed by atoms with Crippen molar-refractivity contribution in [2.75, 3.05) is 0 Å². The van der Waals surface area contributed by atoms with Crippen LogP contribution in [0.15, 0.2) is 42.5 Å². The van der Waals surface area contributed by atoms with E-state index < -0.39 is 47.9 Å². The van der Waals surface area contributed by atoms with Crippen molar-refractivity contribution in [2.45, 2.75) is 45.4 Å². The van der Waals surface area contributed by atoms with Crippen LogP contribution in [0, 0.1) is 0 Å². The Morgan fingerprint density at radius 1 is 1.03 bits per heavy atom. The van der Waals surface area contributed by atoms with E-state index in [9.17, 15) is 24.6 Å². The number of nitrogens with zero attached hydrogens (tertiary/aromatic N) is 1. The Labute approximate surface area is 172 Å². The van der Waals surface area contributed by atoms with E-state index in [1.807, 2.05) is 0 Å². The minimum Gasteiger partial charge on any atom is -0.492 e. The Bertz CT molecular complexity index is 866. The van der Waals surface area contributed by atoms with Gasteiger partial charge in [-0.2, -0.15) is 0 Å². The summed E-state index contributed by atoms with van der Waals surface area (Å²) in [6.07, 6.45) is -1.56. The van der Waals surface area contributed by atoms with Gasteiger partial charge in [-0.15, -0.1) is 4.73 Å². The zero-order valence-electron chi connectivity index (χ0n) is 16.8. The third-order valence-electron chi connectivity index (χ3n) is 3.56. The number of hydrogen-bond acceptors (Lipinski definition) is 8.